The number of hydrogen-bond donors (Lipinski definition) is 0. The minimum atomic E-state index is 0.385. The lowest BCUT2D eigenvalue weighted by Crippen LogP contribution is -1.97. The van der Waals surface area contributed by atoms with Crippen molar-refractivity contribution in [1.82, 2.24) is 14.5 Å². The Hall–Kier alpha value is -2.15. The van der Waals surface area contributed by atoms with E-state index < -0.39 is 0 Å². The van der Waals surface area contributed by atoms with Crippen LogP contribution in [0.5, 0.6) is 0 Å². The molecule has 0 aliphatic rings. The van der Waals surface area contributed by atoms with Gasteiger partial charge in [-0.15, -0.1) is 0 Å². The first kappa shape index (κ1) is 8.45. The van der Waals surface area contributed by atoms with E-state index in [0.717, 1.165) is 11.4 Å². The largest absolute Gasteiger partial charge is 0.291 e. The van der Waals surface area contributed by atoms with E-state index in [2.05, 4.69) is 9.97 Å². The number of aryl methyl sites for hydroxylation is 1. The third kappa shape index (κ3) is 1.36. The molecule has 2 aromatic rings. The lowest BCUT2D eigenvalue weighted by Gasteiger charge is -2.03. The molecule has 0 saturated carbocycles. The van der Waals surface area contributed by atoms with Gasteiger partial charge in [0.05, 0.1) is 5.69 Å². The fourth-order valence-corrected chi connectivity index (χ4v) is 1.27. The molecule has 0 N–H and O–H groups in total. The topological polar surface area (TPSA) is 54.5 Å². The Bertz CT molecular complexity index is 493. The van der Waals surface area contributed by atoms with E-state index in [-0.39, 0.29) is 0 Å². The monoisotopic (exact) mass is 184 g/mol. The van der Waals surface area contributed by atoms with Crippen LogP contribution in [0, 0.1) is 18.3 Å². The number of aromatic nitrogens is 3. The van der Waals surface area contributed by atoms with Gasteiger partial charge in [-0.2, -0.15) is 5.26 Å². The van der Waals surface area contributed by atoms with Gasteiger partial charge in [0, 0.05) is 24.3 Å². The highest BCUT2D eigenvalue weighted by Crippen LogP contribution is 2.09. The molecule has 0 aliphatic heterocycles. The van der Waals surface area contributed by atoms with Gasteiger partial charge in [-0.25, -0.2) is 4.98 Å². The highest BCUT2D eigenvalue weighted by molar-refractivity contribution is 5.35. The van der Waals surface area contributed by atoms with Gasteiger partial charge in [0.1, 0.15) is 6.07 Å². The summed E-state index contributed by atoms with van der Waals surface area (Å²) in [7, 11) is 0. The number of pyridine rings is 1. The van der Waals surface area contributed by atoms with Crippen LogP contribution in [0.4, 0.5) is 0 Å². The van der Waals surface area contributed by atoms with Crippen LogP contribution in [0.3, 0.4) is 0 Å². The number of nitrogens with zero attached hydrogens (tertiary/aromatic N) is 4. The summed E-state index contributed by atoms with van der Waals surface area (Å²) in [6, 6.07) is 5.77. The quantitative estimate of drug-likeness (QED) is 0.674. The Morgan fingerprint density at radius 2 is 2.21 bits per heavy atom. The maximum atomic E-state index is 8.79. The second-order valence-corrected chi connectivity index (χ2v) is 2.89. The van der Waals surface area contributed by atoms with Crippen LogP contribution in [0.1, 0.15) is 11.5 Å². The van der Waals surface area contributed by atoms with Crippen molar-refractivity contribution in [3.05, 3.63) is 42.2 Å². The first-order valence-electron chi connectivity index (χ1n) is 4.18. The Kier molecular flexibility index (Phi) is 1.99. The van der Waals surface area contributed by atoms with Crippen molar-refractivity contribution in [2.75, 3.05) is 0 Å². The van der Waals surface area contributed by atoms with Crippen LogP contribution < -0.4 is 0 Å². The second kappa shape index (κ2) is 3.30. The fraction of sp³-hybridized carbons (Fsp3) is 0.100. The molecule has 2 heterocycles. The van der Waals surface area contributed by atoms with Gasteiger partial charge in [-0.1, -0.05) is 0 Å². The van der Waals surface area contributed by atoms with Crippen molar-refractivity contribution >= 4 is 0 Å². The summed E-state index contributed by atoms with van der Waals surface area (Å²) >= 11 is 0. The molecule has 0 fully saturated rings. The van der Waals surface area contributed by atoms with Gasteiger partial charge in [-0.05, 0) is 19.1 Å². The molecule has 0 saturated heterocycles. The zero-order chi connectivity index (χ0) is 9.97. The van der Waals surface area contributed by atoms with Crippen molar-refractivity contribution < 1.29 is 0 Å². The van der Waals surface area contributed by atoms with Gasteiger partial charge in [0.2, 0.25) is 5.82 Å². The summed E-state index contributed by atoms with van der Waals surface area (Å²) in [5.41, 5.74) is 1.83. The fourth-order valence-electron chi connectivity index (χ4n) is 1.27. The van der Waals surface area contributed by atoms with Crippen LogP contribution in [-0.4, -0.2) is 14.5 Å². The predicted octanol–water partition coefficient (Wildman–Crippen LogP) is 1.45. The maximum Gasteiger partial charge on any atom is 0.217 e. The van der Waals surface area contributed by atoms with Gasteiger partial charge in [-0.3, -0.25) is 9.55 Å². The van der Waals surface area contributed by atoms with E-state index in [0.29, 0.717) is 5.82 Å². The average molecular weight is 184 g/mol. The first-order valence-corrected chi connectivity index (χ1v) is 4.18. The number of rotatable bonds is 1. The third-order valence-electron chi connectivity index (χ3n) is 1.90. The number of imidazole rings is 1. The summed E-state index contributed by atoms with van der Waals surface area (Å²) in [6.45, 7) is 1.91. The third-order valence-corrected chi connectivity index (χ3v) is 1.90. The standard InChI is InChI=1S/C10H8N4/c1-8-6-9(2-3-12-8)14-5-4-13-10(14)7-11/h2-6H,1H3. The lowest BCUT2D eigenvalue weighted by molar-refractivity contribution is 1.00. The van der Waals surface area contributed by atoms with Crippen LogP contribution in [-0.2, 0) is 0 Å². The van der Waals surface area contributed by atoms with Crippen LogP contribution in [0.2, 0.25) is 0 Å². The smallest absolute Gasteiger partial charge is 0.217 e. The highest BCUT2D eigenvalue weighted by atomic mass is 15.1. The Morgan fingerprint density at radius 1 is 1.36 bits per heavy atom. The predicted molar refractivity (Wildman–Crippen MR) is 50.8 cm³/mol. The summed E-state index contributed by atoms with van der Waals surface area (Å²) in [5.74, 6) is 0.385. The van der Waals surface area contributed by atoms with Crippen molar-refractivity contribution in [1.29, 1.82) is 5.26 Å². The van der Waals surface area contributed by atoms with E-state index in [1.807, 2.05) is 25.1 Å². The molecule has 0 spiro atoms. The van der Waals surface area contributed by atoms with Gasteiger partial charge in [0.15, 0.2) is 0 Å². The molecule has 0 aromatic carbocycles. The zero-order valence-corrected chi connectivity index (χ0v) is 7.68. The lowest BCUT2D eigenvalue weighted by atomic mass is 10.3. The normalized spacial score (nSPS) is 9.71. The van der Waals surface area contributed by atoms with Crippen molar-refractivity contribution in [2.24, 2.45) is 0 Å². The van der Waals surface area contributed by atoms with Gasteiger partial charge < -0.3 is 0 Å². The molecule has 68 valence electrons. The van der Waals surface area contributed by atoms with Crippen molar-refractivity contribution in [3.8, 4) is 11.8 Å². The molecular weight excluding hydrogens is 176 g/mol. The highest BCUT2D eigenvalue weighted by Gasteiger charge is 2.03. The molecule has 2 aromatic heterocycles. The van der Waals surface area contributed by atoms with E-state index in [9.17, 15) is 0 Å². The Morgan fingerprint density at radius 3 is 2.93 bits per heavy atom. The molecule has 0 aliphatic carbocycles. The molecule has 0 unspecified atom stereocenters. The SMILES string of the molecule is Cc1cc(-n2ccnc2C#N)ccn1. The maximum absolute atomic E-state index is 8.79. The van der Waals surface area contributed by atoms with Crippen LogP contribution >= 0.6 is 0 Å². The summed E-state index contributed by atoms with van der Waals surface area (Å²) in [6.07, 6.45) is 5.08. The molecule has 2 rings (SSSR count). The number of hydrogen-bond acceptors (Lipinski definition) is 3. The first-order chi connectivity index (χ1) is 6.81. The minimum Gasteiger partial charge on any atom is -0.291 e. The molecule has 0 amide bonds. The molecule has 0 bridgehead atoms. The molecule has 4 nitrogen and oxygen atoms in total. The summed E-state index contributed by atoms with van der Waals surface area (Å²) < 4.78 is 1.73. The summed E-state index contributed by atoms with van der Waals surface area (Å²) in [4.78, 5) is 8.01. The molecule has 0 atom stereocenters. The summed E-state index contributed by atoms with van der Waals surface area (Å²) in [5, 5.41) is 8.79. The second-order valence-electron chi connectivity index (χ2n) is 2.89. The van der Waals surface area contributed by atoms with Crippen molar-refractivity contribution in [2.45, 2.75) is 6.92 Å². The molecule has 4 heteroatoms. The molecule has 0 radical (unpaired) electrons. The van der Waals surface area contributed by atoms with E-state index >= 15 is 0 Å². The molecular formula is C10H8N4. The number of nitriles is 1. The van der Waals surface area contributed by atoms with Crippen molar-refractivity contribution in [3.63, 3.8) is 0 Å². The minimum absolute atomic E-state index is 0.385. The van der Waals surface area contributed by atoms with Crippen LogP contribution in [0.15, 0.2) is 30.7 Å². The van der Waals surface area contributed by atoms with E-state index in [1.54, 1.807) is 23.2 Å². The van der Waals surface area contributed by atoms with E-state index in [1.165, 1.54) is 0 Å². The zero-order valence-electron chi connectivity index (χ0n) is 7.68. The Labute approximate surface area is 81.5 Å². The molecule has 14 heavy (non-hydrogen) atoms. The van der Waals surface area contributed by atoms with Crippen LogP contribution in [0.25, 0.3) is 5.69 Å². The Balaban J connectivity index is 2.56. The van der Waals surface area contributed by atoms with Gasteiger partial charge >= 0.3 is 0 Å². The average Bonchev–Trinajstić information content (AvgIpc) is 2.65. The van der Waals surface area contributed by atoms with Gasteiger partial charge in [0.25, 0.3) is 0 Å². The van der Waals surface area contributed by atoms with E-state index in [4.69, 9.17) is 5.26 Å².